The molecule has 0 bridgehead atoms. The SMILES string of the molecule is O=C(CCCl)NS(=O)(=O)O. The highest BCUT2D eigenvalue weighted by molar-refractivity contribution is 7.84. The van der Waals surface area contributed by atoms with Crippen LogP contribution in [0.1, 0.15) is 6.42 Å². The van der Waals surface area contributed by atoms with Crippen molar-refractivity contribution in [2.45, 2.75) is 6.42 Å². The van der Waals surface area contributed by atoms with Gasteiger partial charge in [-0.1, -0.05) is 0 Å². The third-order valence-corrected chi connectivity index (χ3v) is 1.24. The molecule has 0 saturated carbocycles. The lowest BCUT2D eigenvalue weighted by Crippen LogP contribution is -2.29. The normalized spacial score (nSPS) is 11.0. The summed E-state index contributed by atoms with van der Waals surface area (Å²) in [6.07, 6.45) is -0.138. The Morgan fingerprint density at radius 3 is 2.40 bits per heavy atom. The van der Waals surface area contributed by atoms with Gasteiger partial charge in [0.05, 0.1) is 0 Å². The minimum atomic E-state index is -4.40. The zero-order chi connectivity index (χ0) is 8.20. The van der Waals surface area contributed by atoms with Crippen molar-refractivity contribution >= 4 is 27.8 Å². The number of carbonyl (C=O) groups is 1. The molecule has 5 nitrogen and oxygen atoms in total. The lowest BCUT2D eigenvalue weighted by molar-refractivity contribution is -0.119. The predicted molar refractivity (Wildman–Crippen MR) is 35.0 cm³/mol. The molecule has 0 aromatic carbocycles. The van der Waals surface area contributed by atoms with Gasteiger partial charge in [-0.2, -0.15) is 8.42 Å². The van der Waals surface area contributed by atoms with E-state index < -0.39 is 16.2 Å². The van der Waals surface area contributed by atoms with E-state index in [1.807, 2.05) is 0 Å². The molecule has 0 fully saturated rings. The molecular weight excluding hydrogens is 182 g/mol. The summed E-state index contributed by atoms with van der Waals surface area (Å²) in [4.78, 5) is 10.3. The Hall–Kier alpha value is -0.330. The van der Waals surface area contributed by atoms with Gasteiger partial charge in [0.1, 0.15) is 0 Å². The van der Waals surface area contributed by atoms with Gasteiger partial charge in [-0.05, 0) is 0 Å². The highest BCUT2D eigenvalue weighted by Gasteiger charge is 2.07. The van der Waals surface area contributed by atoms with E-state index in [0.717, 1.165) is 0 Å². The first-order chi connectivity index (χ1) is 4.45. The van der Waals surface area contributed by atoms with Gasteiger partial charge in [-0.3, -0.25) is 9.35 Å². The van der Waals surface area contributed by atoms with Crippen LogP contribution in [0.4, 0.5) is 0 Å². The van der Waals surface area contributed by atoms with Crippen molar-refractivity contribution in [3.63, 3.8) is 0 Å². The molecule has 2 N–H and O–H groups in total. The van der Waals surface area contributed by atoms with Crippen LogP contribution in [0, 0.1) is 0 Å². The van der Waals surface area contributed by atoms with Crippen LogP contribution in [0.25, 0.3) is 0 Å². The molecule has 0 aliphatic heterocycles. The molecule has 10 heavy (non-hydrogen) atoms. The third kappa shape index (κ3) is 5.80. The van der Waals surface area contributed by atoms with E-state index in [2.05, 4.69) is 0 Å². The van der Waals surface area contributed by atoms with E-state index in [0.29, 0.717) is 0 Å². The molecule has 0 aliphatic rings. The van der Waals surface area contributed by atoms with Crippen LogP contribution in [-0.4, -0.2) is 24.8 Å². The summed E-state index contributed by atoms with van der Waals surface area (Å²) in [6, 6.07) is 0. The molecule has 0 atom stereocenters. The molecule has 0 aromatic heterocycles. The largest absolute Gasteiger partial charge is 0.359 e. The summed E-state index contributed by atoms with van der Waals surface area (Å²) < 4.78 is 29.1. The Morgan fingerprint density at radius 1 is 1.60 bits per heavy atom. The number of rotatable bonds is 3. The second-order valence-corrected chi connectivity index (χ2v) is 2.97. The van der Waals surface area contributed by atoms with Crippen molar-refractivity contribution in [2.75, 3.05) is 5.88 Å². The maximum atomic E-state index is 10.3. The molecule has 0 spiro atoms. The van der Waals surface area contributed by atoms with Crippen LogP contribution >= 0.6 is 11.6 Å². The Bertz CT molecular complexity index is 211. The van der Waals surface area contributed by atoms with Gasteiger partial charge in [0.2, 0.25) is 5.91 Å². The van der Waals surface area contributed by atoms with Gasteiger partial charge < -0.3 is 0 Å². The Kier molecular flexibility index (Phi) is 3.62. The summed E-state index contributed by atoms with van der Waals surface area (Å²) in [5, 5.41) is 0. The summed E-state index contributed by atoms with van der Waals surface area (Å²) in [5.41, 5.74) is 0. The molecule has 7 heteroatoms. The van der Waals surface area contributed by atoms with Crippen molar-refractivity contribution in [2.24, 2.45) is 0 Å². The third-order valence-electron chi connectivity index (χ3n) is 0.564. The second kappa shape index (κ2) is 3.75. The molecule has 0 radical (unpaired) electrons. The molecule has 0 saturated heterocycles. The molecule has 0 aromatic rings. The van der Waals surface area contributed by atoms with Crippen LogP contribution < -0.4 is 4.72 Å². The van der Waals surface area contributed by atoms with Crippen molar-refractivity contribution < 1.29 is 17.8 Å². The number of hydrogen-bond donors (Lipinski definition) is 2. The summed E-state index contributed by atoms with van der Waals surface area (Å²) in [6.45, 7) is 0. The number of nitrogens with one attached hydrogen (secondary N) is 1. The molecule has 0 rings (SSSR count). The Balaban J connectivity index is 3.82. The first-order valence-electron chi connectivity index (χ1n) is 2.29. The number of alkyl halides is 1. The number of carbonyl (C=O) groups excluding carboxylic acids is 1. The smallest absolute Gasteiger partial charge is 0.274 e. The lowest BCUT2D eigenvalue weighted by Gasteiger charge is -1.96. The molecular formula is C3H6ClNO4S. The number of halogens is 1. The fourth-order valence-electron chi connectivity index (χ4n) is 0.281. The monoisotopic (exact) mass is 187 g/mol. The standard InChI is InChI=1S/C3H6ClNO4S/c4-2-1-3(6)5-10(7,8)9/h1-2H2,(H,5,6)(H,7,8,9). The van der Waals surface area contributed by atoms with Crippen LogP contribution in [0.3, 0.4) is 0 Å². The first-order valence-corrected chi connectivity index (χ1v) is 4.27. The van der Waals surface area contributed by atoms with Crippen LogP contribution in [0.5, 0.6) is 0 Å². The quantitative estimate of drug-likeness (QED) is 0.463. The van der Waals surface area contributed by atoms with Gasteiger partial charge >= 0.3 is 10.3 Å². The van der Waals surface area contributed by atoms with Crippen LogP contribution in [0.2, 0.25) is 0 Å². The Morgan fingerprint density at radius 2 is 2.10 bits per heavy atom. The highest BCUT2D eigenvalue weighted by atomic mass is 35.5. The van der Waals surface area contributed by atoms with Crippen molar-refractivity contribution in [1.29, 1.82) is 0 Å². The molecule has 1 amide bonds. The molecule has 0 unspecified atom stereocenters. The zero-order valence-electron chi connectivity index (χ0n) is 4.87. The van der Waals surface area contributed by atoms with Crippen LogP contribution in [-0.2, 0) is 15.1 Å². The fourth-order valence-corrected chi connectivity index (χ4v) is 0.842. The highest BCUT2D eigenvalue weighted by Crippen LogP contribution is 1.85. The van der Waals surface area contributed by atoms with Crippen molar-refractivity contribution in [1.82, 2.24) is 4.72 Å². The molecule has 0 heterocycles. The second-order valence-electron chi connectivity index (χ2n) is 1.44. The zero-order valence-corrected chi connectivity index (χ0v) is 6.44. The van der Waals surface area contributed by atoms with E-state index in [1.54, 1.807) is 0 Å². The Labute approximate surface area is 63.2 Å². The van der Waals surface area contributed by atoms with Crippen molar-refractivity contribution in [3.8, 4) is 0 Å². The van der Waals surface area contributed by atoms with Gasteiger partial charge in [-0.25, -0.2) is 4.72 Å². The predicted octanol–water partition coefficient (Wildman–Crippen LogP) is -0.466. The van der Waals surface area contributed by atoms with Crippen molar-refractivity contribution in [3.05, 3.63) is 0 Å². The van der Waals surface area contributed by atoms with Gasteiger partial charge in [0, 0.05) is 12.3 Å². The average molecular weight is 188 g/mol. The van der Waals surface area contributed by atoms with Gasteiger partial charge in [-0.15, -0.1) is 11.6 Å². The van der Waals surface area contributed by atoms with Crippen LogP contribution in [0.15, 0.2) is 0 Å². The minimum absolute atomic E-state index is 0.0152. The van der Waals surface area contributed by atoms with E-state index in [1.165, 1.54) is 4.72 Å². The van der Waals surface area contributed by atoms with Gasteiger partial charge in [0.25, 0.3) is 0 Å². The van der Waals surface area contributed by atoms with Gasteiger partial charge in [0.15, 0.2) is 0 Å². The summed E-state index contributed by atoms with van der Waals surface area (Å²) >= 11 is 5.09. The lowest BCUT2D eigenvalue weighted by atomic mass is 10.5. The molecule has 0 aliphatic carbocycles. The molecule has 60 valence electrons. The maximum absolute atomic E-state index is 10.3. The van der Waals surface area contributed by atoms with E-state index in [-0.39, 0.29) is 12.3 Å². The van der Waals surface area contributed by atoms with E-state index >= 15 is 0 Å². The number of hydrogen-bond acceptors (Lipinski definition) is 3. The first kappa shape index (κ1) is 9.67. The maximum Gasteiger partial charge on any atom is 0.359 e. The average Bonchev–Trinajstić information content (AvgIpc) is 1.59. The van der Waals surface area contributed by atoms with E-state index in [4.69, 9.17) is 16.2 Å². The summed E-state index contributed by atoms with van der Waals surface area (Å²) in [5.74, 6) is -0.807. The van der Waals surface area contributed by atoms with E-state index in [9.17, 15) is 13.2 Å². The summed E-state index contributed by atoms with van der Waals surface area (Å²) in [7, 11) is -4.40. The fraction of sp³-hybridized carbons (Fsp3) is 0.667. The number of amides is 1. The topological polar surface area (TPSA) is 83.5 Å². The minimum Gasteiger partial charge on any atom is -0.274 e.